The van der Waals surface area contributed by atoms with Gasteiger partial charge in [-0.3, -0.25) is 0 Å². The van der Waals surface area contributed by atoms with E-state index in [-0.39, 0.29) is 12.4 Å². The Bertz CT molecular complexity index is 462. The number of H-pyrrole nitrogens is 1. The van der Waals surface area contributed by atoms with Crippen LogP contribution < -0.4 is 5.32 Å². The number of halogens is 1. The highest BCUT2D eigenvalue weighted by Gasteiger charge is 2.07. The van der Waals surface area contributed by atoms with Crippen LogP contribution in [0, 0.1) is 5.92 Å². The average molecular weight is 253 g/mol. The third-order valence-electron chi connectivity index (χ3n) is 3.29. The van der Waals surface area contributed by atoms with Gasteiger partial charge in [0.2, 0.25) is 0 Å². The Morgan fingerprint density at radius 1 is 1.18 bits per heavy atom. The van der Waals surface area contributed by atoms with Gasteiger partial charge in [0, 0.05) is 24.3 Å². The van der Waals surface area contributed by atoms with E-state index in [1.165, 1.54) is 16.5 Å². The lowest BCUT2D eigenvalue weighted by Gasteiger charge is -2.17. The Morgan fingerprint density at radius 3 is 2.65 bits per heavy atom. The van der Waals surface area contributed by atoms with Crippen LogP contribution in [0.25, 0.3) is 10.9 Å². The molecule has 0 aliphatic heterocycles. The fraction of sp³-hybridized carbons (Fsp3) is 0.429. The van der Waals surface area contributed by atoms with E-state index < -0.39 is 0 Å². The highest BCUT2D eigenvalue weighted by atomic mass is 35.5. The Hall–Kier alpha value is -0.990. The number of para-hydroxylation sites is 1. The zero-order valence-corrected chi connectivity index (χ0v) is 11.5. The number of hydrogen-bond donors (Lipinski definition) is 2. The molecular formula is C14H21ClN2. The summed E-state index contributed by atoms with van der Waals surface area (Å²) in [5.74, 6) is 0.669. The predicted octanol–water partition coefficient (Wildman–Crippen LogP) is 3.72. The van der Waals surface area contributed by atoms with Gasteiger partial charge in [-0.25, -0.2) is 0 Å². The summed E-state index contributed by atoms with van der Waals surface area (Å²) >= 11 is 0. The van der Waals surface area contributed by atoms with Crippen molar-refractivity contribution in [2.75, 3.05) is 0 Å². The zero-order valence-electron chi connectivity index (χ0n) is 10.7. The molecule has 2 N–H and O–H groups in total. The van der Waals surface area contributed by atoms with Gasteiger partial charge >= 0.3 is 0 Å². The molecule has 0 saturated heterocycles. The first-order chi connectivity index (χ1) is 7.68. The van der Waals surface area contributed by atoms with Crippen molar-refractivity contribution < 1.29 is 0 Å². The first kappa shape index (κ1) is 14.1. The maximum atomic E-state index is 3.56. The van der Waals surface area contributed by atoms with E-state index >= 15 is 0 Å². The predicted molar refractivity (Wildman–Crippen MR) is 76.7 cm³/mol. The van der Waals surface area contributed by atoms with Crippen molar-refractivity contribution >= 4 is 23.3 Å². The number of nitrogens with one attached hydrogen (secondary N) is 2. The van der Waals surface area contributed by atoms with Crippen molar-refractivity contribution in [3.63, 3.8) is 0 Å². The zero-order chi connectivity index (χ0) is 11.5. The quantitative estimate of drug-likeness (QED) is 0.853. The maximum absolute atomic E-state index is 3.56. The van der Waals surface area contributed by atoms with Crippen LogP contribution in [0.3, 0.4) is 0 Å². The van der Waals surface area contributed by atoms with Crippen molar-refractivity contribution in [1.29, 1.82) is 0 Å². The molecule has 1 unspecified atom stereocenters. The minimum atomic E-state index is 0. The lowest BCUT2D eigenvalue weighted by Crippen LogP contribution is -2.30. The molecule has 3 heteroatoms. The first-order valence-corrected chi connectivity index (χ1v) is 5.97. The van der Waals surface area contributed by atoms with E-state index in [1.807, 2.05) is 6.20 Å². The van der Waals surface area contributed by atoms with Crippen LogP contribution in [0.4, 0.5) is 0 Å². The second kappa shape index (κ2) is 6.08. The fourth-order valence-corrected chi connectivity index (χ4v) is 1.80. The van der Waals surface area contributed by atoms with E-state index in [9.17, 15) is 0 Å². The van der Waals surface area contributed by atoms with E-state index in [4.69, 9.17) is 0 Å². The molecule has 0 fully saturated rings. The van der Waals surface area contributed by atoms with Crippen molar-refractivity contribution in [2.24, 2.45) is 5.92 Å². The van der Waals surface area contributed by atoms with Gasteiger partial charge in [0.05, 0.1) is 0 Å². The molecule has 0 aliphatic carbocycles. The van der Waals surface area contributed by atoms with Gasteiger partial charge in [-0.05, 0) is 29.9 Å². The summed E-state index contributed by atoms with van der Waals surface area (Å²) in [4.78, 5) is 3.30. The topological polar surface area (TPSA) is 27.8 Å². The van der Waals surface area contributed by atoms with Crippen LogP contribution in [0.2, 0.25) is 0 Å². The first-order valence-electron chi connectivity index (χ1n) is 5.97. The molecule has 0 radical (unpaired) electrons. The molecule has 2 nitrogen and oxygen atoms in total. The Morgan fingerprint density at radius 2 is 1.94 bits per heavy atom. The Balaban J connectivity index is 0.00000144. The third-order valence-corrected chi connectivity index (χ3v) is 3.29. The number of benzene rings is 1. The molecule has 1 aromatic heterocycles. The molecule has 2 rings (SSSR count). The molecule has 1 atom stereocenters. The van der Waals surface area contributed by atoms with Gasteiger partial charge in [-0.15, -0.1) is 12.4 Å². The van der Waals surface area contributed by atoms with Crippen molar-refractivity contribution in [3.8, 4) is 0 Å². The summed E-state index contributed by atoms with van der Waals surface area (Å²) in [6, 6.07) is 9.10. The number of rotatable bonds is 4. The van der Waals surface area contributed by atoms with Gasteiger partial charge in [0.15, 0.2) is 0 Å². The summed E-state index contributed by atoms with van der Waals surface area (Å²) < 4.78 is 0. The highest BCUT2D eigenvalue weighted by molar-refractivity contribution is 5.85. The standard InChI is InChI=1S/C14H20N2.ClH/c1-10(2)11(3)16-9-13-6-4-5-12-7-8-15-14(12)13;/h4-8,10-11,15-16H,9H2,1-3H3;1H. The lowest BCUT2D eigenvalue weighted by molar-refractivity contribution is 0.427. The smallest absolute Gasteiger partial charge is 0.0499 e. The second-order valence-electron chi connectivity index (χ2n) is 4.77. The van der Waals surface area contributed by atoms with Gasteiger partial charge < -0.3 is 10.3 Å². The van der Waals surface area contributed by atoms with Crippen LogP contribution in [0.1, 0.15) is 26.3 Å². The van der Waals surface area contributed by atoms with Crippen molar-refractivity contribution in [1.82, 2.24) is 10.3 Å². The van der Waals surface area contributed by atoms with Crippen molar-refractivity contribution in [2.45, 2.75) is 33.4 Å². The molecule has 0 amide bonds. The molecule has 94 valence electrons. The van der Waals surface area contributed by atoms with Crippen LogP contribution in [-0.4, -0.2) is 11.0 Å². The van der Waals surface area contributed by atoms with E-state index in [0.717, 1.165) is 6.54 Å². The van der Waals surface area contributed by atoms with Crippen LogP contribution in [0.5, 0.6) is 0 Å². The summed E-state index contributed by atoms with van der Waals surface area (Å²) in [6.45, 7) is 7.65. The summed E-state index contributed by atoms with van der Waals surface area (Å²) in [5.41, 5.74) is 2.60. The van der Waals surface area contributed by atoms with Gasteiger partial charge in [0.25, 0.3) is 0 Å². The molecule has 0 aliphatic rings. The molecule has 1 aromatic carbocycles. The summed E-state index contributed by atoms with van der Waals surface area (Å²) in [6.07, 6.45) is 2.00. The highest BCUT2D eigenvalue weighted by Crippen LogP contribution is 2.17. The molecule has 0 saturated carbocycles. The molecular weight excluding hydrogens is 232 g/mol. The van der Waals surface area contributed by atoms with Crippen LogP contribution in [0.15, 0.2) is 30.5 Å². The van der Waals surface area contributed by atoms with E-state index in [0.29, 0.717) is 12.0 Å². The van der Waals surface area contributed by atoms with E-state index in [1.54, 1.807) is 0 Å². The Labute approximate surface area is 109 Å². The van der Waals surface area contributed by atoms with Crippen LogP contribution >= 0.6 is 12.4 Å². The van der Waals surface area contributed by atoms with Gasteiger partial charge in [-0.2, -0.15) is 0 Å². The average Bonchev–Trinajstić information content (AvgIpc) is 2.73. The number of aromatic nitrogens is 1. The fourth-order valence-electron chi connectivity index (χ4n) is 1.80. The second-order valence-corrected chi connectivity index (χ2v) is 4.77. The lowest BCUT2D eigenvalue weighted by atomic mass is 10.1. The molecule has 1 heterocycles. The number of fused-ring (bicyclic) bond motifs is 1. The van der Waals surface area contributed by atoms with E-state index in [2.05, 4.69) is 55.3 Å². The third kappa shape index (κ3) is 3.24. The molecule has 2 aromatic rings. The van der Waals surface area contributed by atoms with Crippen molar-refractivity contribution in [3.05, 3.63) is 36.0 Å². The van der Waals surface area contributed by atoms with Gasteiger partial charge in [0.1, 0.15) is 0 Å². The van der Waals surface area contributed by atoms with Gasteiger partial charge in [-0.1, -0.05) is 32.0 Å². The normalized spacial score (nSPS) is 12.7. The minimum Gasteiger partial charge on any atom is -0.361 e. The monoisotopic (exact) mass is 252 g/mol. The maximum Gasteiger partial charge on any atom is 0.0499 e. The number of hydrogen-bond acceptors (Lipinski definition) is 1. The summed E-state index contributed by atoms with van der Waals surface area (Å²) in [5, 5.41) is 4.85. The largest absolute Gasteiger partial charge is 0.361 e. The summed E-state index contributed by atoms with van der Waals surface area (Å²) in [7, 11) is 0. The Kier molecular flexibility index (Phi) is 5.03. The molecule has 0 bridgehead atoms. The van der Waals surface area contributed by atoms with Crippen LogP contribution in [-0.2, 0) is 6.54 Å². The minimum absolute atomic E-state index is 0. The SMILES string of the molecule is CC(C)C(C)NCc1cccc2cc[nH]c12.Cl. The number of aromatic amines is 1. The molecule has 0 spiro atoms. The molecule has 17 heavy (non-hydrogen) atoms.